The zero-order valence-electron chi connectivity index (χ0n) is 12.9. The van der Waals surface area contributed by atoms with Crippen LogP contribution in [-0.4, -0.2) is 73.0 Å². The Kier molecular flexibility index (Phi) is 6.01. The molecule has 0 bridgehead atoms. The highest BCUT2D eigenvalue weighted by molar-refractivity contribution is 8.13. The van der Waals surface area contributed by atoms with Crippen molar-refractivity contribution in [1.29, 1.82) is 0 Å². The molecule has 0 fully saturated rings. The van der Waals surface area contributed by atoms with Crippen molar-refractivity contribution in [2.45, 2.75) is 32.2 Å². The van der Waals surface area contributed by atoms with E-state index in [9.17, 15) is 0 Å². The van der Waals surface area contributed by atoms with Crippen LogP contribution in [0.3, 0.4) is 0 Å². The number of rotatable bonds is 4. The number of nitrogens with zero attached hydrogens (tertiary/aromatic N) is 4. The lowest BCUT2D eigenvalue weighted by molar-refractivity contribution is 0.397. The number of hydrogen-bond acceptors (Lipinski definition) is 6. The SMILES string of the molecule is CCN(C)C1=NCCC(CCN(C)C2=NCCCS2)N1. The Labute approximate surface area is 126 Å². The second kappa shape index (κ2) is 7.76. The van der Waals surface area contributed by atoms with Crippen LogP contribution in [0.25, 0.3) is 0 Å². The van der Waals surface area contributed by atoms with Crippen molar-refractivity contribution in [3.63, 3.8) is 0 Å². The average molecular weight is 297 g/mol. The number of aliphatic imine (C=N–C) groups is 2. The molecule has 1 atom stereocenters. The van der Waals surface area contributed by atoms with Crippen LogP contribution in [0.5, 0.6) is 0 Å². The van der Waals surface area contributed by atoms with Crippen molar-refractivity contribution >= 4 is 22.9 Å². The first-order valence-electron chi connectivity index (χ1n) is 7.61. The molecule has 0 aromatic carbocycles. The largest absolute Gasteiger partial charge is 0.354 e. The summed E-state index contributed by atoms with van der Waals surface area (Å²) in [5.41, 5.74) is 0. The summed E-state index contributed by atoms with van der Waals surface area (Å²) in [7, 11) is 4.25. The zero-order valence-corrected chi connectivity index (χ0v) is 13.7. The minimum atomic E-state index is 0.535. The minimum Gasteiger partial charge on any atom is -0.354 e. The van der Waals surface area contributed by atoms with Gasteiger partial charge in [0.05, 0.1) is 0 Å². The van der Waals surface area contributed by atoms with Crippen molar-refractivity contribution in [2.24, 2.45) is 9.98 Å². The van der Waals surface area contributed by atoms with Crippen LogP contribution in [0.2, 0.25) is 0 Å². The van der Waals surface area contributed by atoms with Gasteiger partial charge in [0.15, 0.2) is 11.1 Å². The number of thioether (sulfide) groups is 1. The van der Waals surface area contributed by atoms with Gasteiger partial charge in [-0.15, -0.1) is 0 Å². The molecule has 2 aliphatic heterocycles. The van der Waals surface area contributed by atoms with E-state index in [-0.39, 0.29) is 0 Å². The van der Waals surface area contributed by atoms with E-state index in [0.717, 1.165) is 45.0 Å². The van der Waals surface area contributed by atoms with Crippen LogP contribution in [0.15, 0.2) is 9.98 Å². The van der Waals surface area contributed by atoms with E-state index < -0.39 is 0 Å². The molecule has 0 amide bonds. The second-order valence-electron chi connectivity index (χ2n) is 5.43. The van der Waals surface area contributed by atoms with Gasteiger partial charge < -0.3 is 15.1 Å². The topological polar surface area (TPSA) is 43.2 Å². The van der Waals surface area contributed by atoms with E-state index >= 15 is 0 Å². The van der Waals surface area contributed by atoms with E-state index in [1.165, 1.54) is 17.3 Å². The smallest absolute Gasteiger partial charge is 0.193 e. The molecule has 0 saturated heterocycles. The van der Waals surface area contributed by atoms with E-state index in [0.29, 0.717) is 6.04 Å². The molecule has 114 valence electrons. The third kappa shape index (κ3) is 4.30. The Balaban J connectivity index is 1.77. The van der Waals surface area contributed by atoms with Gasteiger partial charge in [-0.1, -0.05) is 11.8 Å². The lowest BCUT2D eigenvalue weighted by Gasteiger charge is -2.31. The summed E-state index contributed by atoms with van der Waals surface area (Å²) in [6, 6.07) is 0.535. The third-order valence-corrected chi connectivity index (χ3v) is 5.02. The molecule has 5 nitrogen and oxygen atoms in total. The van der Waals surface area contributed by atoms with Crippen LogP contribution in [0.4, 0.5) is 0 Å². The number of nitrogens with one attached hydrogen (secondary N) is 1. The van der Waals surface area contributed by atoms with Gasteiger partial charge in [-0.05, 0) is 26.2 Å². The Morgan fingerprint density at radius 1 is 1.25 bits per heavy atom. The Bertz CT molecular complexity index is 369. The molecule has 0 aliphatic carbocycles. The van der Waals surface area contributed by atoms with E-state index in [1.807, 2.05) is 11.8 Å². The molecule has 6 heteroatoms. The van der Waals surface area contributed by atoms with Gasteiger partial charge in [-0.25, -0.2) is 0 Å². The van der Waals surface area contributed by atoms with Crippen molar-refractivity contribution in [3.05, 3.63) is 0 Å². The second-order valence-corrected chi connectivity index (χ2v) is 6.49. The first kappa shape index (κ1) is 15.5. The third-order valence-electron chi connectivity index (χ3n) is 3.83. The monoisotopic (exact) mass is 297 g/mol. The van der Waals surface area contributed by atoms with Gasteiger partial charge in [0, 0.05) is 52.1 Å². The molecule has 2 aliphatic rings. The van der Waals surface area contributed by atoms with E-state index in [1.54, 1.807) is 0 Å². The normalized spacial score (nSPS) is 22.6. The van der Waals surface area contributed by atoms with Gasteiger partial charge in [0.2, 0.25) is 0 Å². The highest BCUT2D eigenvalue weighted by atomic mass is 32.2. The number of amidine groups is 1. The summed E-state index contributed by atoms with van der Waals surface area (Å²) < 4.78 is 0. The van der Waals surface area contributed by atoms with Gasteiger partial charge in [-0.3, -0.25) is 9.98 Å². The summed E-state index contributed by atoms with van der Waals surface area (Å²) in [5, 5.41) is 4.78. The van der Waals surface area contributed by atoms with Crippen LogP contribution < -0.4 is 5.32 Å². The van der Waals surface area contributed by atoms with Gasteiger partial charge >= 0.3 is 0 Å². The summed E-state index contributed by atoms with van der Waals surface area (Å²) in [6.07, 6.45) is 3.50. The van der Waals surface area contributed by atoms with E-state index in [2.05, 4.69) is 46.1 Å². The maximum atomic E-state index is 4.60. The molecule has 1 N–H and O–H groups in total. The molecule has 0 radical (unpaired) electrons. The van der Waals surface area contributed by atoms with Crippen LogP contribution in [0, 0.1) is 0 Å². The predicted octanol–water partition coefficient (Wildman–Crippen LogP) is 1.47. The van der Waals surface area contributed by atoms with Crippen molar-refractivity contribution < 1.29 is 0 Å². The molecular formula is C14H27N5S. The van der Waals surface area contributed by atoms with E-state index in [4.69, 9.17) is 0 Å². The first-order chi connectivity index (χ1) is 9.70. The molecule has 0 saturated carbocycles. The van der Waals surface area contributed by atoms with Gasteiger partial charge in [-0.2, -0.15) is 0 Å². The standard InChI is InChI=1S/C14H27N5S/c1-4-18(2)13-15-9-6-12(17-13)7-10-19(3)14-16-8-5-11-20-14/h12H,4-11H2,1-3H3,(H,15,17). The Morgan fingerprint density at radius 2 is 2.10 bits per heavy atom. The maximum absolute atomic E-state index is 4.60. The van der Waals surface area contributed by atoms with Crippen LogP contribution >= 0.6 is 11.8 Å². The van der Waals surface area contributed by atoms with Crippen molar-refractivity contribution in [3.8, 4) is 0 Å². The van der Waals surface area contributed by atoms with Crippen molar-refractivity contribution in [1.82, 2.24) is 15.1 Å². The molecule has 0 spiro atoms. The minimum absolute atomic E-state index is 0.535. The molecule has 2 heterocycles. The number of hydrogen-bond donors (Lipinski definition) is 1. The number of guanidine groups is 1. The highest BCUT2D eigenvalue weighted by Crippen LogP contribution is 2.15. The Hall–Kier alpha value is -0.910. The summed E-state index contributed by atoms with van der Waals surface area (Å²) in [4.78, 5) is 13.6. The zero-order chi connectivity index (χ0) is 14.4. The average Bonchev–Trinajstić information content (AvgIpc) is 2.53. The lowest BCUT2D eigenvalue weighted by atomic mass is 10.1. The molecule has 1 unspecified atom stereocenters. The van der Waals surface area contributed by atoms with Gasteiger partial charge in [0.1, 0.15) is 0 Å². The fraction of sp³-hybridized carbons (Fsp3) is 0.857. The summed E-state index contributed by atoms with van der Waals surface area (Å²) in [6.45, 7) is 6.14. The van der Waals surface area contributed by atoms with Crippen LogP contribution in [0.1, 0.15) is 26.2 Å². The van der Waals surface area contributed by atoms with Gasteiger partial charge in [0.25, 0.3) is 0 Å². The molecule has 2 rings (SSSR count). The van der Waals surface area contributed by atoms with Crippen LogP contribution in [-0.2, 0) is 0 Å². The fourth-order valence-electron chi connectivity index (χ4n) is 2.35. The molecular weight excluding hydrogens is 270 g/mol. The maximum Gasteiger partial charge on any atom is 0.193 e. The quantitative estimate of drug-likeness (QED) is 0.853. The lowest BCUT2D eigenvalue weighted by Crippen LogP contribution is -2.48. The fourth-order valence-corrected chi connectivity index (χ4v) is 3.30. The van der Waals surface area contributed by atoms with Crippen molar-refractivity contribution in [2.75, 3.05) is 46.0 Å². The molecule has 20 heavy (non-hydrogen) atoms. The Morgan fingerprint density at radius 3 is 2.80 bits per heavy atom. The predicted molar refractivity (Wildman–Crippen MR) is 88.8 cm³/mol. The first-order valence-corrected chi connectivity index (χ1v) is 8.59. The summed E-state index contributed by atoms with van der Waals surface area (Å²) in [5.74, 6) is 2.26. The highest BCUT2D eigenvalue weighted by Gasteiger charge is 2.19. The summed E-state index contributed by atoms with van der Waals surface area (Å²) >= 11 is 1.89. The molecule has 0 aromatic rings. The molecule has 0 aromatic heterocycles.